The number of nitrogens with zero attached hydrogens (tertiary/aromatic N) is 1. The number of hydrogen-bond donors (Lipinski definition) is 1. The second-order valence-corrected chi connectivity index (χ2v) is 7.03. The van der Waals surface area contributed by atoms with Gasteiger partial charge in [0.25, 0.3) is 0 Å². The fourth-order valence-electron chi connectivity index (χ4n) is 2.00. The molecule has 104 valence electrons. The molecule has 2 aromatic rings. The lowest BCUT2D eigenvalue weighted by molar-refractivity contribution is 0.237. The van der Waals surface area contributed by atoms with Crippen molar-refractivity contribution in [1.82, 2.24) is 4.98 Å². The molecule has 0 amide bonds. The van der Waals surface area contributed by atoms with Crippen LogP contribution in [-0.2, 0) is 5.41 Å². The van der Waals surface area contributed by atoms with Crippen LogP contribution in [-0.4, -0.2) is 18.1 Å². The van der Waals surface area contributed by atoms with Crippen molar-refractivity contribution < 1.29 is 4.74 Å². The number of nitrogens with one attached hydrogen (secondary N) is 1. The minimum Gasteiger partial charge on any atom is -0.491 e. The fraction of sp³-hybridized carbons (Fsp3) is 0.533. The van der Waals surface area contributed by atoms with E-state index < -0.39 is 0 Å². The zero-order chi connectivity index (χ0) is 14.2. The number of aromatic nitrogens is 1. The van der Waals surface area contributed by atoms with Crippen LogP contribution >= 0.6 is 11.3 Å². The Kier molecular flexibility index (Phi) is 3.72. The lowest BCUT2D eigenvalue weighted by Crippen LogP contribution is -2.16. The van der Waals surface area contributed by atoms with E-state index in [0.29, 0.717) is 0 Å². The van der Waals surface area contributed by atoms with Crippen molar-refractivity contribution in [3.8, 4) is 5.75 Å². The van der Waals surface area contributed by atoms with Crippen molar-refractivity contribution in [2.24, 2.45) is 0 Å². The molecule has 3 nitrogen and oxygen atoms in total. The zero-order valence-corrected chi connectivity index (χ0v) is 13.3. The molecule has 1 heterocycles. The van der Waals surface area contributed by atoms with Crippen LogP contribution in [0.3, 0.4) is 0 Å². The lowest BCUT2D eigenvalue weighted by Gasteiger charge is -2.24. The average molecular weight is 278 g/mol. The Morgan fingerprint density at radius 3 is 2.47 bits per heavy atom. The summed E-state index contributed by atoms with van der Waals surface area (Å²) in [6.07, 6.45) is 0.176. The number of fused-ring (bicyclic) bond motifs is 1. The van der Waals surface area contributed by atoms with Crippen molar-refractivity contribution in [3.63, 3.8) is 0 Å². The van der Waals surface area contributed by atoms with Gasteiger partial charge in [-0.1, -0.05) is 32.1 Å². The van der Waals surface area contributed by atoms with Crippen LogP contribution in [0.15, 0.2) is 12.1 Å². The average Bonchev–Trinajstić information content (AvgIpc) is 2.67. The van der Waals surface area contributed by atoms with E-state index in [-0.39, 0.29) is 11.5 Å². The maximum absolute atomic E-state index is 5.98. The molecule has 0 fully saturated rings. The van der Waals surface area contributed by atoms with Crippen molar-refractivity contribution in [3.05, 3.63) is 17.7 Å². The third-order valence-electron chi connectivity index (χ3n) is 2.87. The van der Waals surface area contributed by atoms with Gasteiger partial charge < -0.3 is 10.1 Å². The molecule has 1 aromatic carbocycles. The molecule has 0 aliphatic carbocycles. The first-order valence-electron chi connectivity index (χ1n) is 6.60. The van der Waals surface area contributed by atoms with E-state index in [2.05, 4.69) is 57.1 Å². The van der Waals surface area contributed by atoms with E-state index in [1.165, 1.54) is 5.56 Å². The fourth-order valence-corrected chi connectivity index (χ4v) is 2.83. The van der Waals surface area contributed by atoms with Crippen LogP contribution in [0.25, 0.3) is 10.2 Å². The molecule has 0 aliphatic rings. The number of hydrogen-bond acceptors (Lipinski definition) is 4. The second-order valence-electron chi connectivity index (χ2n) is 6.00. The van der Waals surface area contributed by atoms with E-state index in [9.17, 15) is 0 Å². The highest BCUT2D eigenvalue weighted by atomic mass is 32.1. The topological polar surface area (TPSA) is 34.2 Å². The van der Waals surface area contributed by atoms with Crippen LogP contribution in [0.2, 0.25) is 0 Å². The van der Waals surface area contributed by atoms with E-state index in [1.807, 2.05) is 7.05 Å². The minimum atomic E-state index is 0.0435. The highest BCUT2D eigenvalue weighted by Crippen LogP contribution is 2.38. The number of benzene rings is 1. The molecule has 0 bridgehead atoms. The van der Waals surface area contributed by atoms with E-state index in [0.717, 1.165) is 21.1 Å². The molecule has 1 N–H and O–H groups in total. The molecule has 0 radical (unpaired) electrons. The van der Waals surface area contributed by atoms with Crippen LogP contribution in [0.4, 0.5) is 5.13 Å². The van der Waals surface area contributed by atoms with Crippen LogP contribution in [0.5, 0.6) is 5.75 Å². The van der Waals surface area contributed by atoms with Crippen molar-refractivity contribution in [2.45, 2.75) is 46.1 Å². The first-order chi connectivity index (χ1) is 8.81. The van der Waals surface area contributed by atoms with Crippen molar-refractivity contribution >= 4 is 26.7 Å². The predicted molar refractivity (Wildman–Crippen MR) is 83.6 cm³/mol. The molecule has 2 rings (SSSR count). The summed E-state index contributed by atoms with van der Waals surface area (Å²) in [5, 5.41) is 4.04. The Morgan fingerprint density at radius 2 is 1.95 bits per heavy atom. The Morgan fingerprint density at radius 1 is 1.26 bits per heavy atom. The molecule has 0 saturated heterocycles. The summed E-state index contributed by atoms with van der Waals surface area (Å²) in [6.45, 7) is 10.7. The summed E-state index contributed by atoms with van der Waals surface area (Å²) in [6, 6.07) is 4.28. The van der Waals surface area contributed by atoms with Gasteiger partial charge >= 0.3 is 0 Å². The summed E-state index contributed by atoms with van der Waals surface area (Å²) in [4.78, 5) is 4.58. The Labute approximate surface area is 119 Å². The van der Waals surface area contributed by atoms with Crippen LogP contribution in [0, 0.1) is 0 Å². The van der Waals surface area contributed by atoms with Gasteiger partial charge in [0, 0.05) is 12.6 Å². The summed E-state index contributed by atoms with van der Waals surface area (Å²) in [7, 11) is 1.90. The molecular weight excluding hydrogens is 256 g/mol. The van der Waals surface area contributed by atoms with Gasteiger partial charge in [-0.25, -0.2) is 4.98 Å². The summed E-state index contributed by atoms with van der Waals surface area (Å²) in [5.74, 6) is 0.973. The standard InChI is InChI=1S/C15H22N2OS/c1-9(2)18-12-8-13-11(17-14(16-6)19-13)7-10(12)15(3,4)5/h7-9H,1-6H3,(H,16,17). The van der Waals surface area contributed by atoms with E-state index in [1.54, 1.807) is 11.3 Å². The monoisotopic (exact) mass is 278 g/mol. The highest BCUT2D eigenvalue weighted by molar-refractivity contribution is 7.22. The molecule has 0 spiro atoms. The van der Waals surface area contributed by atoms with E-state index in [4.69, 9.17) is 4.74 Å². The SMILES string of the molecule is CNc1nc2cc(C(C)(C)C)c(OC(C)C)cc2s1. The van der Waals surface area contributed by atoms with Gasteiger partial charge in [0.2, 0.25) is 0 Å². The minimum absolute atomic E-state index is 0.0435. The predicted octanol–water partition coefficient (Wildman–Crippen LogP) is 4.42. The van der Waals surface area contributed by atoms with Gasteiger partial charge in [-0.15, -0.1) is 0 Å². The maximum atomic E-state index is 5.98. The summed E-state index contributed by atoms with van der Waals surface area (Å²) in [5.41, 5.74) is 2.29. The van der Waals surface area contributed by atoms with Gasteiger partial charge in [0.1, 0.15) is 5.75 Å². The number of anilines is 1. The Bertz CT molecular complexity index is 582. The molecule has 0 atom stereocenters. The number of ether oxygens (including phenoxy) is 1. The molecule has 4 heteroatoms. The van der Waals surface area contributed by atoms with Gasteiger partial charge in [0.05, 0.1) is 16.3 Å². The van der Waals surface area contributed by atoms with Gasteiger partial charge in [0.15, 0.2) is 5.13 Å². The Hall–Kier alpha value is -1.29. The lowest BCUT2D eigenvalue weighted by atomic mass is 9.86. The number of thiazole rings is 1. The quantitative estimate of drug-likeness (QED) is 0.902. The van der Waals surface area contributed by atoms with E-state index >= 15 is 0 Å². The Balaban J connectivity index is 2.61. The highest BCUT2D eigenvalue weighted by Gasteiger charge is 2.21. The molecule has 1 aromatic heterocycles. The van der Waals surface area contributed by atoms with Crippen molar-refractivity contribution in [1.29, 1.82) is 0 Å². The van der Waals surface area contributed by atoms with Gasteiger partial charge in [-0.2, -0.15) is 0 Å². The zero-order valence-electron chi connectivity index (χ0n) is 12.5. The molecule has 19 heavy (non-hydrogen) atoms. The third kappa shape index (κ3) is 3.00. The largest absolute Gasteiger partial charge is 0.491 e. The van der Waals surface area contributed by atoms with Crippen molar-refractivity contribution in [2.75, 3.05) is 12.4 Å². The maximum Gasteiger partial charge on any atom is 0.183 e. The molecule has 0 saturated carbocycles. The molecule has 0 unspecified atom stereocenters. The second kappa shape index (κ2) is 5.00. The summed E-state index contributed by atoms with van der Waals surface area (Å²) < 4.78 is 7.14. The molecule has 0 aliphatic heterocycles. The van der Waals surface area contributed by atoms with Gasteiger partial charge in [-0.3, -0.25) is 0 Å². The third-order valence-corrected chi connectivity index (χ3v) is 3.91. The smallest absolute Gasteiger partial charge is 0.183 e. The van der Waals surface area contributed by atoms with Gasteiger partial charge in [-0.05, 0) is 31.4 Å². The summed E-state index contributed by atoms with van der Waals surface area (Å²) >= 11 is 1.66. The first-order valence-corrected chi connectivity index (χ1v) is 7.42. The first kappa shape index (κ1) is 14.1. The molecular formula is C15H22N2OS. The van der Waals surface area contributed by atoms with Crippen LogP contribution in [0.1, 0.15) is 40.2 Å². The normalized spacial score (nSPS) is 12.2. The number of rotatable bonds is 3. The van der Waals surface area contributed by atoms with Crippen LogP contribution < -0.4 is 10.1 Å².